The van der Waals surface area contributed by atoms with E-state index < -0.39 is 0 Å². The summed E-state index contributed by atoms with van der Waals surface area (Å²) in [6, 6.07) is 17.9. The minimum Gasteiger partial charge on any atom is -0.484 e. The van der Waals surface area contributed by atoms with Crippen LogP contribution in [-0.2, 0) is 9.53 Å². The maximum atomic E-state index is 11.8. The number of furan rings is 1. The first-order valence-corrected chi connectivity index (χ1v) is 9.44. The fourth-order valence-corrected chi connectivity index (χ4v) is 2.62. The van der Waals surface area contributed by atoms with Crippen molar-refractivity contribution in [2.24, 2.45) is 5.10 Å². The number of amides is 1. The molecule has 0 bridgehead atoms. The van der Waals surface area contributed by atoms with E-state index >= 15 is 0 Å². The zero-order chi connectivity index (χ0) is 21.3. The molecule has 0 spiro atoms. The Bertz CT molecular complexity index is 1040. The van der Waals surface area contributed by atoms with Crippen LogP contribution in [0.1, 0.15) is 28.6 Å². The Morgan fingerprint density at radius 3 is 2.63 bits per heavy atom. The van der Waals surface area contributed by atoms with Gasteiger partial charge in [-0.2, -0.15) is 5.10 Å². The van der Waals surface area contributed by atoms with Crippen LogP contribution in [0.15, 0.2) is 70.2 Å². The van der Waals surface area contributed by atoms with Gasteiger partial charge in [-0.1, -0.05) is 24.3 Å². The molecule has 0 aliphatic carbocycles. The number of hydrazone groups is 1. The fraction of sp³-hybridized carbons (Fsp3) is 0.174. The lowest BCUT2D eigenvalue weighted by atomic mass is 10.1. The molecule has 7 nitrogen and oxygen atoms in total. The highest BCUT2D eigenvalue weighted by Gasteiger charge is 2.08. The van der Waals surface area contributed by atoms with Crippen LogP contribution in [0, 0.1) is 6.92 Å². The second kappa shape index (κ2) is 10.1. The Hall–Kier alpha value is -3.87. The van der Waals surface area contributed by atoms with E-state index in [0.717, 1.165) is 11.1 Å². The van der Waals surface area contributed by atoms with Crippen LogP contribution in [0.25, 0.3) is 11.3 Å². The van der Waals surface area contributed by atoms with Crippen LogP contribution >= 0.6 is 0 Å². The van der Waals surface area contributed by atoms with E-state index in [4.69, 9.17) is 13.9 Å². The Kier molecular flexibility index (Phi) is 7.00. The molecule has 0 saturated heterocycles. The molecule has 0 atom stereocenters. The van der Waals surface area contributed by atoms with Gasteiger partial charge in [-0.05, 0) is 55.8 Å². The molecule has 1 heterocycles. The minimum absolute atomic E-state index is 0.142. The van der Waals surface area contributed by atoms with Crippen molar-refractivity contribution in [1.29, 1.82) is 0 Å². The van der Waals surface area contributed by atoms with Crippen molar-refractivity contribution in [3.63, 3.8) is 0 Å². The summed E-state index contributed by atoms with van der Waals surface area (Å²) >= 11 is 0. The topological polar surface area (TPSA) is 90.1 Å². The quantitative estimate of drug-likeness (QED) is 0.347. The summed E-state index contributed by atoms with van der Waals surface area (Å²) in [5.74, 6) is 0.964. The second-order valence-electron chi connectivity index (χ2n) is 6.40. The van der Waals surface area contributed by atoms with Gasteiger partial charge in [0.25, 0.3) is 5.91 Å². The fourth-order valence-electron chi connectivity index (χ4n) is 2.62. The van der Waals surface area contributed by atoms with Gasteiger partial charge in [0.2, 0.25) is 0 Å². The zero-order valence-corrected chi connectivity index (χ0v) is 16.8. The molecule has 0 aliphatic heterocycles. The highest BCUT2D eigenvalue weighted by atomic mass is 16.5. The van der Waals surface area contributed by atoms with E-state index in [1.54, 1.807) is 49.4 Å². The summed E-state index contributed by atoms with van der Waals surface area (Å²) in [6.07, 6.45) is 1.40. The largest absolute Gasteiger partial charge is 0.484 e. The van der Waals surface area contributed by atoms with E-state index in [1.807, 2.05) is 25.1 Å². The lowest BCUT2D eigenvalue weighted by Crippen LogP contribution is -2.24. The van der Waals surface area contributed by atoms with E-state index in [-0.39, 0.29) is 18.5 Å². The number of esters is 1. The first-order chi connectivity index (χ1) is 14.5. The number of hydrogen-bond donors (Lipinski definition) is 1. The van der Waals surface area contributed by atoms with Crippen molar-refractivity contribution >= 4 is 18.1 Å². The number of nitrogens with zero attached hydrogens (tertiary/aromatic N) is 1. The summed E-state index contributed by atoms with van der Waals surface area (Å²) in [5, 5.41) is 3.88. The number of ether oxygens (including phenoxy) is 2. The van der Waals surface area contributed by atoms with Gasteiger partial charge < -0.3 is 13.9 Å². The monoisotopic (exact) mass is 406 g/mol. The zero-order valence-electron chi connectivity index (χ0n) is 16.8. The van der Waals surface area contributed by atoms with Gasteiger partial charge in [0.15, 0.2) is 6.61 Å². The Balaban J connectivity index is 1.51. The van der Waals surface area contributed by atoms with Crippen LogP contribution in [0.4, 0.5) is 0 Å². The molecule has 0 radical (unpaired) electrons. The molecule has 1 aromatic heterocycles. The smallest absolute Gasteiger partial charge is 0.338 e. The summed E-state index contributed by atoms with van der Waals surface area (Å²) in [4.78, 5) is 23.5. The van der Waals surface area contributed by atoms with Crippen LogP contribution in [0.5, 0.6) is 5.75 Å². The second-order valence-corrected chi connectivity index (χ2v) is 6.40. The summed E-state index contributed by atoms with van der Waals surface area (Å²) in [5.41, 5.74) is 4.72. The summed E-state index contributed by atoms with van der Waals surface area (Å²) in [6.45, 7) is 3.90. The summed E-state index contributed by atoms with van der Waals surface area (Å²) < 4.78 is 16.1. The molecular weight excluding hydrogens is 384 g/mol. The average molecular weight is 406 g/mol. The number of aryl methyl sites for hydroxylation is 1. The third-order valence-electron chi connectivity index (χ3n) is 4.05. The van der Waals surface area contributed by atoms with E-state index in [0.29, 0.717) is 29.4 Å². The highest BCUT2D eigenvalue weighted by Crippen LogP contribution is 2.22. The lowest BCUT2D eigenvalue weighted by molar-refractivity contribution is -0.123. The van der Waals surface area contributed by atoms with E-state index in [2.05, 4.69) is 10.5 Å². The predicted molar refractivity (Wildman–Crippen MR) is 113 cm³/mol. The van der Waals surface area contributed by atoms with E-state index in [9.17, 15) is 9.59 Å². The number of carbonyl (C=O) groups excluding carboxylic acids is 2. The molecule has 0 fully saturated rings. The first-order valence-electron chi connectivity index (χ1n) is 9.44. The molecule has 0 aliphatic rings. The number of rotatable bonds is 8. The number of nitrogens with one attached hydrogen (secondary N) is 1. The van der Waals surface area contributed by atoms with E-state index in [1.165, 1.54) is 6.21 Å². The summed E-state index contributed by atoms with van der Waals surface area (Å²) in [7, 11) is 0. The minimum atomic E-state index is -0.380. The van der Waals surface area contributed by atoms with Crippen LogP contribution in [0.3, 0.4) is 0 Å². The molecule has 30 heavy (non-hydrogen) atoms. The molecule has 3 aromatic rings. The maximum Gasteiger partial charge on any atom is 0.338 e. The van der Waals surface area contributed by atoms with Crippen molar-refractivity contribution in [2.45, 2.75) is 13.8 Å². The van der Waals surface area contributed by atoms with Gasteiger partial charge in [-0.3, -0.25) is 4.79 Å². The third-order valence-corrected chi connectivity index (χ3v) is 4.05. The number of hydrogen-bond acceptors (Lipinski definition) is 6. The lowest BCUT2D eigenvalue weighted by Gasteiger charge is -2.05. The van der Waals surface area contributed by atoms with Crippen molar-refractivity contribution in [3.05, 3.63) is 77.6 Å². The van der Waals surface area contributed by atoms with Crippen LogP contribution in [0.2, 0.25) is 0 Å². The van der Waals surface area contributed by atoms with Gasteiger partial charge >= 0.3 is 5.97 Å². The van der Waals surface area contributed by atoms with Gasteiger partial charge in [-0.15, -0.1) is 0 Å². The predicted octanol–water partition coefficient (Wildman–Crippen LogP) is 3.96. The molecule has 0 saturated carbocycles. The Morgan fingerprint density at radius 2 is 1.90 bits per heavy atom. The van der Waals surface area contributed by atoms with Crippen molar-refractivity contribution in [1.82, 2.24) is 5.43 Å². The molecule has 7 heteroatoms. The molecule has 0 unspecified atom stereocenters. The Labute approximate surface area is 174 Å². The maximum absolute atomic E-state index is 11.8. The van der Waals surface area contributed by atoms with Gasteiger partial charge in [0.1, 0.15) is 17.3 Å². The van der Waals surface area contributed by atoms with Crippen LogP contribution in [-0.4, -0.2) is 31.3 Å². The highest BCUT2D eigenvalue weighted by molar-refractivity contribution is 5.90. The van der Waals surface area contributed by atoms with Crippen molar-refractivity contribution in [2.75, 3.05) is 13.2 Å². The Morgan fingerprint density at radius 1 is 1.10 bits per heavy atom. The average Bonchev–Trinajstić information content (AvgIpc) is 3.21. The van der Waals surface area contributed by atoms with Crippen molar-refractivity contribution < 1.29 is 23.5 Å². The molecule has 3 rings (SSSR count). The van der Waals surface area contributed by atoms with Crippen molar-refractivity contribution in [3.8, 4) is 17.1 Å². The SMILES string of the molecule is CCOC(=O)c1ccc(-c2ccc(/C=N/NC(=O)COc3cccc(C)c3)o2)cc1. The molecule has 154 valence electrons. The third kappa shape index (κ3) is 5.81. The van der Waals surface area contributed by atoms with Gasteiger partial charge in [0, 0.05) is 5.56 Å². The van der Waals surface area contributed by atoms with Gasteiger partial charge in [-0.25, -0.2) is 10.2 Å². The molecule has 1 amide bonds. The normalized spacial score (nSPS) is 10.7. The molecule has 2 aromatic carbocycles. The standard InChI is InChI=1S/C23H22N2O5/c1-3-28-23(27)18-9-7-17(8-10-18)21-12-11-20(30-21)14-24-25-22(26)15-29-19-6-4-5-16(2)13-19/h4-14H,3,15H2,1-2H3,(H,25,26)/b24-14+. The van der Waals surface area contributed by atoms with Crippen LogP contribution < -0.4 is 10.2 Å². The number of benzene rings is 2. The molecule has 1 N–H and O–H groups in total. The van der Waals surface area contributed by atoms with Gasteiger partial charge in [0.05, 0.1) is 18.4 Å². The number of carbonyl (C=O) groups is 2. The molecular formula is C23H22N2O5. The first kappa shape index (κ1) is 20.9.